The molecule has 0 aliphatic rings. The minimum absolute atomic E-state index is 0.0126. The first-order chi connectivity index (χ1) is 14.9. The molecule has 3 amide bonds. The summed E-state index contributed by atoms with van der Waals surface area (Å²) in [6, 6.07) is 12.7. The fraction of sp³-hybridized carbons (Fsp3) is 0.391. The van der Waals surface area contributed by atoms with Crippen LogP contribution in [-0.4, -0.2) is 49.5 Å². The van der Waals surface area contributed by atoms with E-state index in [0.29, 0.717) is 30.6 Å². The van der Waals surface area contributed by atoms with Gasteiger partial charge in [0.05, 0.1) is 6.61 Å². The first kappa shape index (κ1) is 24.0. The molecule has 0 aliphatic heterocycles. The van der Waals surface area contributed by atoms with E-state index >= 15 is 0 Å². The van der Waals surface area contributed by atoms with Gasteiger partial charge in [-0.25, -0.2) is 4.98 Å². The molecule has 0 unspecified atom stereocenters. The molecule has 0 spiro atoms. The normalized spacial score (nSPS) is 10.6. The predicted molar refractivity (Wildman–Crippen MR) is 120 cm³/mol. The van der Waals surface area contributed by atoms with Crippen LogP contribution in [0.2, 0.25) is 0 Å². The van der Waals surface area contributed by atoms with Gasteiger partial charge in [-0.15, -0.1) is 0 Å². The van der Waals surface area contributed by atoms with Crippen molar-refractivity contribution in [1.82, 2.24) is 10.3 Å². The summed E-state index contributed by atoms with van der Waals surface area (Å²) >= 11 is 0. The lowest BCUT2D eigenvalue weighted by atomic mass is 10.0. The number of nitrogens with zero attached hydrogens (tertiary/aromatic N) is 2. The number of carbonyl (C=O) groups excluding carboxylic acids is 3. The summed E-state index contributed by atoms with van der Waals surface area (Å²) in [7, 11) is 1.55. The highest BCUT2D eigenvalue weighted by molar-refractivity contribution is 6.01. The Morgan fingerprint density at radius 3 is 2.39 bits per heavy atom. The van der Waals surface area contributed by atoms with Crippen LogP contribution in [0.4, 0.5) is 11.5 Å². The minimum Gasteiger partial charge on any atom is -0.383 e. The van der Waals surface area contributed by atoms with E-state index in [4.69, 9.17) is 4.74 Å². The molecule has 0 saturated carbocycles. The number of ether oxygens (including phenoxy) is 1. The van der Waals surface area contributed by atoms with Crippen molar-refractivity contribution in [3.63, 3.8) is 0 Å². The molecule has 0 saturated heterocycles. The highest BCUT2D eigenvalue weighted by atomic mass is 16.5. The summed E-state index contributed by atoms with van der Waals surface area (Å²) < 4.78 is 4.93. The monoisotopic (exact) mass is 426 g/mol. The number of rotatable bonds is 11. The predicted octanol–water partition coefficient (Wildman–Crippen LogP) is 2.72. The van der Waals surface area contributed by atoms with Crippen molar-refractivity contribution in [3.05, 3.63) is 54.2 Å². The smallest absolute Gasteiger partial charge is 0.240 e. The summed E-state index contributed by atoms with van der Waals surface area (Å²) in [4.78, 5) is 42.8. The first-order valence-corrected chi connectivity index (χ1v) is 10.3. The zero-order valence-corrected chi connectivity index (χ0v) is 18.3. The first-order valence-electron chi connectivity index (χ1n) is 10.3. The van der Waals surface area contributed by atoms with Gasteiger partial charge in [-0.2, -0.15) is 0 Å². The van der Waals surface area contributed by atoms with E-state index < -0.39 is 0 Å². The third kappa shape index (κ3) is 8.18. The quantitative estimate of drug-likeness (QED) is 0.538. The van der Waals surface area contributed by atoms with Crippen LogP contribution >= 0.6 is 0 Å². The van der Waals surface area contributed by atoms with Crippen LogP contribution in [0.15, 0.2) is 48.7 Å². The molecule has 0 fully saturated rings. The molecule has 166 valence electrons. The summed E-state index contributed by atoms with van der Waals surface area (Å²) in [5.74, 6) is -0.136. The van der Waals surface area contributed by atoms with Crippen molar-refractivity contribution in [1.29, 1.82) is 0 Å². The molecule has 2 rings (SSSR count). The lowest BCUT2D eigenvalue weighted by Gasteiger charge is -2.23. The Balaban J connectivity index is 2.04. The Hall–Kier alpha value is -3.26. The van der Waals surface area contributed by atoms with E-state index in [-0.39, 0.29) is 37.1 Å². The second-order valence-corrected chi connectivity index (χ2v) is 7.33. The lowest BCUT2D eigenvalue weighted by molar-refractivity contribution is -0.125. The fourth-order valence-electron chi connectivity index (χ4n) is 2.85. The van der Waals surface area contributed by atoms with Crippen LogP contribution in [0.3, 0.4) is 0 Å². The second kappa shape index (κ2) is 12.4. The van der Waals surface area contributed by atoms with Gasteiger partial charge < -0.3 is 20.3 Å². The van der Waals surface area contributed by atoms with E-state index in [2.05, 4.69) is 29.5 Å². The van der Waals surface area contributed by atoms with Crippen LogP contribution in [0.25, 0.3) is 0 Å². The molecule has 8 heteroatoms. The Bertz CT molecular complexity index is 854. The van der Waals surface area contributed by atoms with E-state index in [0.717, 1.165) is 5.56 Å². The van der Waals surface area contributed by atoms with Gasteiger partial charge in [0.15, 0.2) is 0 Å². The summed E-state index contributed by atoms with van der Waals surface area (Å²) in [5, 5.41) is 5.38. The van der Waals surface area contributed by atoms with E-state index in [1.54, 1.807) is 31.5 Å². The number of hydrogen-bond acceptors (Lipinski definition) is 5. The van der Waals surface area contributed by atoms with Gasteiger partial charge in [-0.1, -0.05) is 32.0 Å². The number of carbonyl (C=O) groups is 3. The van der Waals surface area contributed by atoms with Crippen molar-refractivity contribution in [2.75, 3.05) is 37.0 Å². The molecule has 1 aromatic heterocycles. The Morgan fingerprint density at radius 2 is 1.77 bits per heavy atom. The summed E-state index contributed by atoms with van der Waals surface area (Å²) in [5.41, 5.74) is 1.75. The van der Waals surface area contributed by atoms with Gasteiger partial charge in [0, 0.05) is 38.4 Å². The molecular weight excluding hydrogens is 396 g/mol. The minimum atomic E-state index is -0.313. The molecule has 2 N–H and O–H groups in total. The number of hydrogen-bond donors (Lipinski definition) is 2. The highest BCUT2D eigenvalue weighted by Crippen LogP contribution is 2.21. The maximum atomic E-state index is 12.9. The van der Waals surface area contributed by atoms with Gasteiger partial charge >= 0.3 is 0 Å². The van der Waals surface area contributed by atoms with Crippen molar-refractivity contribution in [2.24, 2.45) is 0 Å². The Kier molecular flexibility index (Phi) is 9.64. The molecule has 31 heavy (non-hydrogen) atoms. The van der Waals surface area contributed by atoms with Crippen LogP contribution in [0, 0.1) is 0 Å². The molecule has 0 bridgehead atoms. The number of methoxy groups -OCH3 is 1. The van der Waals surface area contributed by atoms with Crippen molar-refractivity contribution >= 4 is 29.2 Å². The standard InChI is InChI=1S/C23H30N4O4/c1-17(2)18-7-9-19(10-8-18)27(16-22(29)25-14-15-31-3)23(30)12-11-21(28)26-20-6-4-5-13-24-20/h4-10,13,17H,11-12,14-16H2,1-3H3,(H,25,29)(H,24,26,28). The highest BCUT2D eigenvalue weighted by Gasteiger charge is 2.20. The molecule has 1 aromatic carbocycles. The molecular formula is C23H30N4O4. The van der Waals surface area contributed by atoms with Gasteiger partial charge in [0.2, 0.25) is 17.7 Å². The van der Waals surface area contributed by atoms with E-state index in [9.17, 15) is 14.4 Å². The third-order valence-electron chi connectivity index (χ3n) is 4.60. The third-order valence-corrected chi connectivity index (χ3v) is 4.60. The maximum absolute atomic E-state index is 12.9. The molecule has 8 nitrogen and oxygen atoms in total. The zero-order valence-electron chi connectivity index (χ0n) is 18.3. The second-order valence-electron chi connectivity index (χ2n) is 7.33. The average molecular weight is 427 g/mol. The van der Waals surface area contributed by atoms with Crippen LogP contribution < -0.4 is 15.5 Å². The number of benzene rings is 1. The van der Waals surface area contributed by atoms with Gasteiger partial charge in [-0.05, 0) is 35.7 Å². The maximum Gasteiger partial charge on any atom is 0.240 e. The molecule has 0 atom stereocenters. The fourth-order valence-corrected chi connectivity index (χ4v) is 2.85. The van der Waals surface area contributed by atoms with Crippen LogP contribution in [0.5, 0.6) is 0 Å². The van der Waals surface area contributed by atoms with Gasteiger partial charge in [0.25, 0.3) is 0 Å². The topological polar surface area (TPSA) is 101 Å². The van der Waals surface area contributed by atoms with Crippen molar-refractivity contribution < 1.29 is 19.1 Å². The molecule has 0 aliphatic carbocycles. The van der Waals surface area contributed by atoms with Crippen molar-refractivity contribution in [2.45, 2.75) is 32.6 Å². The van der Waals surface area contributed by atoms with E-state index in [1.807, 2.05) is 24.3 Å². The lowest BCUT2D eigenvalue weighted by Crippen LogP contribution is -2.42. The molecule has 1 heterocycles. The molecule has 0 radical (unpaired) electrons. The van der Waals surface area contributed by atoms with Crippen molar-refractivity contribution in [3.8, 4) is 0 Å². The number of aromatic nitrogens is 1. The SMILES string of the molecule is COCCNC(=O)CN(C(=O)CCC(=O)Nc1ccccn1)c1ccc(C(C)C)cc1. The average Bonchev–Trinajstić information content (AvgIpc) is 2.77. The zero-order chi connectivity index (χ0) is 22.6. The largest absolute Gasteiger partial charge is 0.383 e. The summed E-state index contributed by atoms with van der Waals surface area (Å²) in [6.07, 6.45) is 1.53. The van der Waals surface area contributed by atoms with E-state index in [1.165, 1.54) is 4.90 Å². The molecule has 2 aromatic rings. The number of anilines is 2. The van der Waals surface area contributed by atoms with Crippen LogP contribution in [-0.2, 0) is 19.1 Å². The van der Waals surface area contributed by atoms with Crippen LogP contribution in [0.1, 0.15) is 38.2 Å². The number of pyridine rings is 1. The summed E-state index contributed by atoms with van der Waals surface area (Å²) in [6.45, 7) is 4.78. The Morgan fingerprint density at radius 1 is 1.03 bits per heavy atom. The van der Waals surface area contributed by atoms with Gasteiger partial charge in [0.1, 0.15) is 12.4 Å². The Labute approximate surface area is 183 Å². The van der Waals surface area contributed by atoms with Gasteiger partial charge in [-0.3, -0.25) is 14.4 Å². The number of nitrogens with one attached hydrogen (secondary N) is 2. The number of amides is 3.